The van der Waals surface area contributed by atoms with Crippen molar-refractivity contribution in [3.05, 3.63) is 66.6 Å². The highest BCUT2D eigenvalue weighted by Crippen LogP contribution is 2.20. The number of hydrogen-bond acceptors (Lipinski definition) is 4. The molecule has 0 saturated carbocycles. The fourth-order valence-electron chi connectivity index (χ4n) is 1.74. The van der Waals surface area contributed by atoms with E-state index in [2.05, 4.69) is 20.5 Å². The lowest BCUT2D eigenvalue weighted by molar-refractivity contribution is 0.102. The van der Waals surface area contributed by atoms with Gasteiger partial charge in [0.2, 0.25) is 0 Å². The molecule has 3 aromatic rings. The predicted octanol–water partition coefficient (Wildman–Crippen LogP) is 2.85. The highest BCUT2D eigenvalue weighted by Gasteiger charge is 2.07. The predicted molar refractivity (Wildman–Crippen MR) is 77.3 cm³/mol. The number of rotatable bonds is 4. The summed E-state index contributed by atoms with van der Waals surface area (Å²) < 4.78 is 5.61. The number of ether oxygens (including phenoxy) is 1. The van der Waals surface area contributed by atoms with E-state index in [1.807, 2.05) is 6.07 Å². The molecule has 2 heterocycles. The van der Waals surface area contributed by atoms with Crippen molar-refractivity contribution in [2.45, 2.75) is 0 Å². The summed E-state index contributed by atoms with van der Waals surface area (Å²) in [6.45, 7) is 0. The SMILES string of the molecule is O=C(Nc1ccn[nH]1)c1ccc(Oc2cccnc2)cc1. The summed E-state index contributed by atoms with van der Waals surface area (Å²) in [5.41, 5.74) is 0.531. The molecule has 0 aliphatic rings. The van der Waals surface area contributed by atoms with Crippen molar-refractivity contribution in [1.29, 1.82) is 0 Å². The Labute approximate surface area is 120 Å². The summed E-state index contributed by atoms with van der Waals surface area (Å²) in [6, 6.07) is 12.1. The molecular formula is C15H12N4O2. The molecule has 0 bridgehead atoms. The number of carbonyl (C=O) groups is 1. The molecule has 0 fully saturated rings. The molecule has 104 valence electrons. The average Bonchev–Trinajstić information content (AvgIpc) is 3.02. The maximum atomic E-state index is 12.0. The molecule has 21 heavy (non-hydrogen) atoms. The Morgan fingerprint density at radius 2 is 1.90 bits per heavy atom. The number of aromatic nitrogens is 3. The highest BCUT2D eigenvalue weighted by atomic mass is 16.5. The van der Waals surface area contributed by atoms with Gasteiger partial charge >= 0.3 is 0 Å². The minimum atomic E-state index is -0.216. The zero-order valence-electron chi connectivity index (χ0n) is 11.0. The van der Waals surface area contributed by atoms with Crippen LogP contribution in [0.5, 0.6) is 11.5 Å². The molecule has 1 amide bonds. The molecule has 1 aromatic carbocycles. The van der Waals surface area contributed by atoms with Crippen LogP contribution in [-0.4, -0.2) is 21.1 Å². The first-order valence-corrected chi connectivity index (χ1v) is 6.30. The Hall–Kier alpha value is -3.15. The van der Waals surface area contributed by atoms with Crippen molar-refractivity contribution in [1.82, 2.24) is 15.2 Å². The number of H-pyrrole nitrogens is 1. The third-order valence-corrected chi connectivity index (χ3v) is 2.74. The van der Waals surface area contributed by atoms with E-state index in [-0.39, 0.29) is 5.91 Å². The van der Waals surface area contributed by atoms with Gasteiger partial charge in [-0.3, -0.25) is 14.9 Å². The topological polar surface area (TPSA) is 79.9 Å². The number of amides is 1. The standard InChI is InChI=1S/C15H12N4O2/c20-15(18-14-7-9-17-19-14)11-3-5-12(6-4-11)21-13-2-1-8-16-10-13/h1-10H,(H2,17,18,19,20). The molecule has 0 aliphatic heterocycles. The second-order valence-electron chi connectivity index (χ2n) is 4.24. The molecule has 2 N–H and O–H groups in total. The van der Waals surface area contributed by atoms with Gasteiger partial charge in [0.1, 0.15) is 17.3 Å². The second kappa shape index (κ2) is 5.87. The monoisotopic (exact) mass is 280 g/mol. The lowest BCUT2D eigenvalue weighted by Gasteiger charge is -2.06. The molecule has 6 nitrogen and oxygen atoms in total. The zero-order valence-corrected chi connectivity index (χ0v) is 11.0. The molecule has 3 rings (SSSR count). The van der Waals surface area contributed by atoms with Crippen LogP contribution in [0.2, 0.25) is 0 Å². The highest BCUT2D eigenvalue weighted by molar-refractivity contribution is 6.03. The van der Waals surface area contributed by atoms with Gasteiger partial charge in [-0.25, -0.2) is 0 Å². The number of hydrogen-bond donors (Lipinski definition) is 2. The number of nitrogens with one attached hydrogen (secondary N) is 2. The number of pyridine rings is 1. The van der Waals surface area contributed by atoms with Gasteiger partial charge in [-0.15, -0.1) is 0 Å². The van der Waals surface area contributed by atoms with Crippen molar-refractivity contribution < 1.29 is 9.53 Å². The minimum absolute atomic E-state index is 0.216. The lowest BCUT2D eigenvalue weighted by atomic mass is 10.2. The summed E-state index contributed by atoms with van der Waals surface area (Å²) in [4.78, 5) is 15.9. The maximum Gasteiger partial charge on any atom is 0.256 e. The van der Waals surface area contributed by atoms with Gasteiger partial charge in [0, 0.05) is 17.8 Å². The summed E-state index contributed by atoms with van der Waals surface area (Å²) in [6.07, 6.45) is 4.87. The number of aromatic amines is 1. The quantitative estimate of drug-likeness (QED) is 0.770. The average molecular weight is 280 g/mol. The van der Waals surface area contributed by atoms with E-state index >= 15 is 0 Å². The van der Waals surface area contributed by atoms with Crippen molar-refractivity contribution in [3.8, 4) is 11.5 Å². The molecule has 0 unspecified atom stereocenters. The molecule has 0 atom stereocenters. The molecular weight excluding hydrogens is 268 g/mol. The van der Waals surface area contributed by atoms with Crippen LogP contribution in [0, 0.1) is 0 Å². The van der Waals surface area contributed by atoms with Gasteiger partial charge < -0.3 is 10.1 Å². The number of anilines is 1. The number of benzene rings is 1. The summed E-state index contributed by atoms with van der Waals surface area (Å²) in [7, 11) is 0. The van der Waals surface area contributed by atoms with Crippen LogP contribution < -0.4 is 10.1 Å². The number of carbonyl (C=O) groups excluding carboxylic acids is 1. The Kier molecular flexibility index (Phi) is 3.60. The molecule has 0 radical (unpaired) electrons. The Morgan fingerprint density at radius 3 is 2.57 bits per heavy atom. The van der Waals surface area contributed by atoms with E-state index in [9.17, 15) is 4.79 Å². The zero-order chi connectivity index (χ0) is 14.5. The molecule has 0 spiro atoms. The van der Waals surface area contributed by atoms with E-state index in [1.54, 1.807) is 55.0 Å². The fraction of sp³-hybridized carbons (Fsp3) is 0. The Morgan fingerprint density at radius 1 is 1.05 bits per heavy atom. The molecule has 0 saturated heterocycles. The fourth-order valence-corrected chi connectivity index (χ4v) is 1.74. The normalized spacial score (nSPS) is 10.1. The number of nitrogens with zero attached hydrogens (tertiary/aromatic N) is 2. The van der Waals surface area contributed by atoms with Crippen LogP contribution in [0.4, 0.5) is 5.82 Å². The van der Waals surface area contributed by atoms with Crippen LogP contribution in [0.1, 0.15) is 10.4 Å². The third-order valence-electron chi connectivity index (χ3n) is 2.74. The Bertz CT molecular complexity index is 709. The van der Waals surface area contributed by atoms with Gasteiger partial charge in [-0.1, -0.05) is 0 Å². The van der Waals surface area contributed by atoms with Crippen molar-refractivity contribution >= 4 is 11.7 Å². The van der Waals surface area contributed by atoms with Crippen LogP contribution in [-0.2, 0) is 0 Å². The summed E-state index contributed by atoms with van der Waals surface area (Å²) in [5, 5.41) is 9.13. The second-order valence-corrected chi connectivity index (χ2v) is 4.24. The van der Waals surface area contributed by atoms with Gasteiger partial charge in [0.25, 0.3) is 5.91 Å². The first-order chi connectivity index (χ1) is 10.3. The van der Waals surface area contributed by atoms with Gasteiger partial charge in [0.05, 0.1) is 12.4 Å². The largest absolute Gasteiger partial charge is 0.456 e. The summed E-state index contributed by atoms with van der Waals surface area (Å²) in [5.74, 6) is 1.62. The van der Waals surface area contributed by atoms with E-state index in [0.717, 1.165) is 0 Å². The van der Waals surface area contributed by atoms with E-state index in [4.69, 9.17) is 4.74 Å². The third kappa shape index (κ3) is 3.24. The van der Waals surface area contributed by atoms with Crippen LogP contribution in [0.25, 0.3) is 0 Å². The van der Waals surface area contributed by atoms with Crippen molar-refractivity contribution in [2.24, 2.45) is 0 Å². The lowest BCUT2D eigenvalue weighted by Crippen LogP contribution is -2.11. The Balaban J connectivity index is 1.68. The van der Waals surface area contributed by atoms with Crippen molar-refractivity contribution in [2.75, 3.05) is 5.32 Å². The van der Waals surface area contributed by atoms with Gasteiger partial charge in [-0.2, -0.15) is 5.10 Å². The van der Waals surface area contributed by atoms with Gasteiger partial charge in [-0.05, 0) is 36.4 Å². The van der Waals surface area contributed by atoms with Gasteiger partial charge in [0.15, 0.2) is 0 Å². The first-order valence-electron chi connectivity index (χ1n) is 6.30. The smallest absolute Gasteiger partial charge is 0.256 e. The molecule has 2 aromatic heterocycles. The summed E-state index contributed by atoms with van der Waals surface area (Å²) >= 11 is 0. The minimum Gasteiger partial charge on any atom is -0.456 e. The molecule has 0 aliphatic carbocycles. The van der Waals surface area contributed by atoms with E-state index in [0.29, 0.717) is 22.9 Å². The van der Waals surface area contributed by atoms with E-state index in [1.165, 1.54) is 0 Å². The maximum absolute atomic E-state index is 12.0. The van der Waals surface area contributed by atoms with Crippen molar-refractivity contribution in [3.63, 3.8) is 0 Å². The van der Waals surface area contributed by atoms with Crippen LogP contribution in [0.3, 0.4) is 0 Å². The van der Waals surface area contributed by atoms with Crippen LogP contribution in [0.15, 0.2) is 61.1 Å². The molecule has 6 heteroatoms. The first kappa shape index (κ1) is 12.9. The van der Waals surface area contributed by atoms with E-state index < -0.39 is 0 Å². The van der Waals surface area contributed by atoms with Crippen LogP contribution >= 0.6 is 0 Å².